The number of amides is 1. The highest BCUT2D eigenvalue weighted by Gasteiger charge is 2.33. The highest BCUT2D eigenvalue weighted by Crippen LogP contribution is 2.32. The van der Waals surface area contributed by atoms with Gasteiger partial charge in [-0.2, -0.15) is 4.39 Å². The lowest BCUT2D eigenvalue weighted by molar-refractivity contribution is 0.0591. The van der Waals surface area contributed by atoms with Crippen LogP contribution in [0.4, 0.5) is 4.39 Å². The monoisotopic (exact) mass is 328 g/mol. The molecule has 1 fully saturated rings. The third-order valence-electron chi connectivity index (χ3n) is 4.43. The van der Waals surface area contributed by atoms with Gasteiger partial charge >= 0.3 is 0 Å². The normalized spacial score (nSPS) is 18.2. The molecular weight excluding hydrogens is 311 g/mol. The number of imidazole rings is 1. The molecule has 7 heteroatoms. The van der Waals surface area contributed by atoms with Gasteiger partial charge in [-0.25, -0.2) is 4.98 Å². The van der Waals surface area contributed by atoms with Gasteiger partial charge in [0, 0.05) is 18.8 Å². The smallest absolute Gasteiger partial charge is 0.277 e. The van der Waals surface area contributed by atoms with Crippen LogP contribution >= 0.6 is 0 Å². The minimum Gasteiger partial charge on any atom is -0.361 e. The third kappa shape index (κ3) is 2.36. The summed E-state index contributed by atoms with van der Waals surface area (Å²) in [6, 6.07) is 6.77. The molecule has 1 amide bonds. The molecule has 24 heavy (non-hydrogen) atoms. The lowest BCUT2D eigenvalue weighted by atomic mass is 9.98. The summed E-state index contributed by atoms with van der Waals surface area (Å²) in [4.78, 5) is 18.8. The minimum absolute atomic E-state index is 0.145. The van der Waals surface area contributed by atoms with Crippen molar-refractivity contribution in [3.8, 4) is 0 Å². The van der Waals surface area contributed by atoms with Gasteiger partial charge in [0.25, 0.3) is 5.91 Å². The van der Waals surface area contributed by atoms with Crippen LogP contribution in [0.5, 0.6) is 0 Å². The molecule has 0 radical (unpaired) electrons. The molecule has 1 aliphatic heterocycles. The molecule has 0 saturated carbocycles. The van der Waals surface area contributed by atoms with Crippen molar-refractivity contribution < 1.29 is 13.7 Å². The summed E-state index contributed by atoms with van der Waals surface area (Å²) in [5, 5.41) is 4.04. The average molecular weight is 328 g/mol. The maximum atomic E-state index is 14.6. The molecule has 0 bridgehead atoms. The number of rotatable bonds is 2. The molecule has 1 aliphatic rings. The standard InChI is InChI=1S/C17H17FN4O2/c1-11-10-12(20-24-11)13-6-2-4-8-21(13)17(23)15-16(18)22-9-5-3-7-14(22)19-15/h3,5,7,9-10,13H,2,4,6,8H2,1H3/t13-/m1/s1. The number of carbonyl (C=O) groups is 1. The Hall–Kier alpha value is -2.70. The Kier molecular flexibility index (Phi) is 3.55. The Morgan fingerprint density at radius 1 is 1.38 bits per heavy atom. The molecule has 124 valence electrons. The number of halogens is 1. The van der Waals surface area contributed by atoms with Crippen LogP contribution in [0, 0.1) is 12.9 Å². The highest BCUT2D eigenvalue weighted by atomic mass is 19.1. The summed E-state index contributed by atoms with van der Waals surface area (Å²) in [6.07, 6.45) is 4.22. The summed E-state index contributed by atoms with van der Waals surface area (Å²) >= 11 is 0. The Labute approximate surface area is 137 Å². The van der Waals surface area contributed by atoms with Gasteiger partial charge in [0.15, 0.2) is 5.69 Å². The van der Waals surface area contributed by atoms with Crippen molar-refractivity contribution in [3.63, 3.8) is 0 Å². The molecule has 0 unspecified atom stereocenters. The van der Waals surface area contributed by atoms with Crippen molar-refractivity contribution >= 4 is 11.6 Å². The fraction of sp³-hybridized carbons (Fsp3) is 0.353. The zero-order valence-corrected chi connectivity index (χ0v) is 13.3. The molecule has 4 rings (SSSR count). The van der Waals surface area contributed by atoms with E-state index in [1.54, 1.807) is 29.3 Å². The van der Waals surface area contributed by atoms with Gasteiger partial charge in [0.2, 0.25) is 5.95 Å². The number of likely N-dealkylation sites (tertiary alicyclic amines) is 1. The maximum absolute atomic E-state index is 14.6. The average Bonchev–Trinajstić information content (AvgIpc) is 3.18. The van der Waals surface area contributed by atoms with E-state index in [4.69, 9.17) is 4.52 Å². The van der Waals surface area contributed by atoms with Gasteiger partial charge in [0.1, 0.15) is 17.1 Å². The van der Waals surface area contributed by atoms with E-state index in [1.807, 2.05) is 13.0 Å². The first-order valence-electron chi connectivity index (χ1n) is 8.02. The topological polar surface area (TPSA) is 63.6 Å². The lowest BCUT2D eigenvalue weighted by Gasteiger charge is -2.34. The van der Waals surface area contributed by atoms with E-state index in [9.17, 15) is 9.18 Å². The second-order valence-corrected chi connectivity index (χ2v) is 6.05. The molecule has 4 heterocycles. The van der Waals surface area contributed by atoms with Crippen molar-refractivity contribution in [2.45, 2.75) is 32.2 Å². The minimum atomic E-state index is -0.628. The zero-order chi connectivity index (χ0) is 16.7. The first-order chi connectivity index (χ1) is 11.6. The van der Waals surface area contributed by atoms with Crippen LogP contribution in [-0.4, -0.2) is 31.9 Å². The van der Waals surface area contributed by atoms with Crippen LogP contribution in [0.15, 0.2) is 35.0 Å². The molecule has 0 N–H and O–H groups in total. The molecule has 3 aromatic rings. The number of aryl methyl sites for hydroxylation is 1. The molecule has 0 spiro atoms. The van der Waals surface area contributed by atoms with E-state index >= 15 is 0 Å². The summed E-state index contributed by atoms with van der Waals surface area (Å²) in [5.41, 5.74) is 0.988. The Balaban J connectivity index is 1.71. The molecule has 1 atom stereocenters. The van der Waals surface area contributed by atoms with Gasteiger partial charge in [-0.1, -0.05) is 11.2 Å². The second kappa shape index (κ2) is 5.74. The van der Waals surface area contributed by atoms with Crippen molar-refractivity contribution in [2.24, 2.45) is 0 Å². The van der Waals surface area contributed by atoms with Gasteiger partial charge in [-0.3, -0.25) is 9.20 Å². The predicted octanol–water partition coefficient (Wildman–Crippen LogP) is 3.14. The second-order valence-electron chi connectivity index (χ2n) is 6.05. The fourth-order valence-corrected chi connectivity index (χ4v) is 3.26. The molecule has 0 aliphatic carbocycles. The van der Waals surface area contributed by atoms with Crippen LogP contribution in [0.1, 0.15) is 47.2 Å². The fourth-order valence-electron chi connectivity index (χ4n) is 3.26. The van der Waals surface area contributed by atoms with Gasteiger partial charge in [-0.15, -0.1) is 0 Å². The Morgan fingerprint density at radius 2 is 2.25 bits per heavy atom. The quantitative estimate of drug-likeness (QED) is 0.725. The number of piperidine rings is 1. The predicted molar refractivity (Wildman–Crippen MR) is 84.0 cm³/mol. The summed E-state index contributed by atoms with van der Waals surface area (Å²) in [5.74, 6) is -0.334. The first kappa shape index (κ1) is 14.9. The van der Waals surface area contributed by atoms with E-state index in [0.29, 0.717) is 23.6 Å². The SMILES string of the molecule is Cc1cc([C@H]2CCCCN2C(=O)c2nc3ccccn3c2F)no1. The number of aromatic nitrogens is 3. The number of fused-ring (bicyclic) bond motifs is 1. The number of hydrogen-bond acceptors (Lipinski definition) is 4. The van der Waals surface area contributed by atoms with Crippen molar-refractivity contribution in [3.05, 3.63) is 53.6 Å². The summed E-state index contributed by atoms with van der Waals surface area (Å²) in [7, 11) is 0. The number of pyridine rings is 1. The lowest BCUT2D eigenvalue weighted by Crippen LogP contribution is -2.39. The number of carbonyl (C=O) groups excluding carboxylic acids is 1. The molecule has 6 nitrogen and oxygen atoms in total. The van der Waals surface area contributed by atoms with Crippen LogP contribution in [0.25, 0.3) is 5.65 Å². The summed E-state index contributed by atoms with van der Waals surface area (Å²) < 4.78 is 21.0. The molecular formula is C17H17FN4O2. The van der Waals surface area contributed by atoms with E-state index in [1.165, 1.54) is 4.40 Å². The number of hydrogen-bond donors (Lipinski definition) is 0. The van der Waals surface area contributed by atoms with Gasteiger partial charge in [-0.05, 0) is 38.3 Å². The molecule has 1 saturated heterocycles. The Bertz CT molecular complexity index is 901. The summed E-state index contributed by atoms with van der Waals surface area (Å²) in [6.45, 7) is 2.37. The van der Waals surface area contributed by atoms with Gasteiger partial charge < -0.3 is 9.42 Å². The first-order valence-corrected chi connectivity index (χ1v) is 8.02. The maximum Gasteiger partial charge on any atom is 0.277 e. The van der Waals surface area contributed by atoms with Crippen LogP contribution in [-0.2, 0) is 0 Å². The van der Waals surface area contributed by atoms with E-state index < -0.39 is 11.9 Å². The largest absolute Gasteiger partial charge is 0.361 e. The van der Waals surface area contributed by atoms with Crippen molar-refractivity contribution in [1.29, 1.82) is 0 Å². The molecule has 3 aromatic heterocycles. The van der Waals surface area contributed by atoms with Crippen LogP contribution in [0.3, 0.4) is 0 Å². The zero-order valence-electron chi connectivity index (χ0n) is 13.3. The van der Waals surface area contributed by atoms with E-state index in [2.05, 4.69) is 10.1 Å². The molecule has 0 aromatic carbocycles. The van der Waals surface area contributed by atoms with Crippen molar-refractivity contribution in [2.75, 3.05) is 6.54 Å². The highest BCUT2D eigenvalue weighted by molar-refractivity contribution is 5.93. The Morgan fingerprint density at radius 3 is 3.00 bits per heavy atom. The number of nitrogens with zero attached hydrogens (tertiary/aromatic N) is 4. The van der Waals surface area contributed by atoms with E-state index in [-0.39, 0.29) is 11.7 Å². The van der Waals surface area contributed by atoms with Crippen molar-refractivity contribution in [1.82, 2.24) is 19.4 Å². The third-order valence-corrected chi connectivity index (χ3v) is 4.43. The van der Waals surface area contributed by atoms with Crippen LogP contribution < -0.4 is 0 Å². The van der Waals surface area contributed by atoms with Gasteiger partial charge in [0.05, 0.1) is 6.04 Å². The van der Waals surface area contributed by atoms with E-state index in [0.717, 1.165) is 19.3 Å². The van der Waals surface area contributed by atoms with Crippen LogP contribution in [0.2, 0.25) is 0 Å².